The van der Waals surface area contributed by atoms with E-state index < -0.39 is 0 Å². The van der Waals surface area contributed by atoms with Crippen molar-refractivity contribution in [1.82, 2.24) is 9.80 Å². The minimum atomic E-state index is -0.180. The predicted molar refractivity (Wildman–Crippen MR) is 149 cm³/mol. The molecule has 2 atom stereocenters. The Bertz CT molecular complexity index is 1190. The van der Waals surface area contributed by atoms with Crippen LogP contribution >= 0.6 is 27.3 Å². The Morgan fingerprint density at radius 3 is 2.69 bits per heavy atom. The van der Waals surface area contributed by atoms with Crippen molar-refractivity contribution in [2.75, 3.05) is 26.2 Å². The van der Waals surface area contributed by atoms with E-state index in [9.17, 15) is 9.59 Å². The molecule has 0 saturated carbocycles. The lowest BCUT2D eigenvalue weighted by molar-refractivity contribution is -0.135. The van der Waals surface area contributed by atoms with Gasteiger partial charge < -0.3 is 14.5 Å². The van der Waals surface area contributed by atoms with Crippen LogP contribution in [0.1, 0.15) is 52.7 Å². The molecule has 0 unspecified atom stereocenters. The van der Waals surface area contributed by atoms with Gasteiger partial charge in [-0.3, -0.25) is 9.59 Å². The van der Waals surface area contributed by atoms with E-state index in [1.54, 1.807) is 22.3 Å². The number of hydrogen-bond acceptors (Lipinski definition) is 4. The number of carbonyl (C=O) groups is 2. The average Bonchev–Trinajstić information content (AvgIpc) is 3.36. The molecule has 2 heterocycles. The Kier molecular flexibility index (Phi) is 8.86. The van der Waals surface area contributed by atoms with E-state index in [1.165, 1.54) is 10.4 Å². The van der Waals surface area contributed by atoms with Gasteiger partial charge in [-0.25, -0.2) is 0 Å². The second kappa shape index (κ2) is 12.1. The summed E-state index contributed by atoms with van der Waals surface area (Å²) in [4.78, 5) is 32.1. The molecule has 190 valence electrons. The summed E-state index contributed by atoms with van der Waals surface area (Å²) in [7, 11) is 0. The van der Waals surface area contributed by atoms with Crippen LogP contribution in [0.15, 0.2) is 64.5 Å². The molecule has 0 N–H and O–H groups in total. The Labute approximate surface area is 226 Å². The van der Waals surface area contributed by atoms with Gasteiger partial charge in [-0.2, -0.15) is 0 Å². The van der Waals surface area contributed by atoms with E-state index in [1.807, 2.05) is 54.3 Å². The predicted octanol–water partition coefficient (Wildman–Crippen LogP) is 6.51. The van der Waals surface area contributed by atoms with Crippen LogP contribution in [0, 0.1) is 12.8 Å². The molecule has 36 heavy (non-hydrogen) atoms. The molecule has 7 heteroatoms. The largest absolute Gasteiger partial charge is 0.491 e. The van der Waals surface area contributed by atoms with Gasteiger partial charge >= 0.3 is 0 Å². The molecular weight excluding hydrogens is 536 g/mol. The topological polar surface area (TPSA) is 49.9 Å². The number of fused-ring (bicyclic) bond motifs is 1. The Balaban J connectivity index is 1.54. The minimum Gasteiger partial charge on any atom is -0.491 e. The summed E-state index contributed by atoms with van der Waals surface area (Å²) >= 11 is 5.19. The quantitative estimate of drug-likeness (QED) is 0.295. The van der Waals surface area contributed by atoms with E-state index in [0.29, 0.717) is 31.2 Å². The molecule has 0 spiro atoms. The van der Waals surface area contributed by atoms with Gasteiger partial charge in [0.1, 0.15) is 18.9 Å². The molecule has 1 aromatic heterocycles. The molecule has 2 amide bonds. The van der Waals surface area contributed by atoms with Gasteiger partial charge in [0.05, 0.1) is 6.04 Å². The molecule has 0 bridgehead atoms. The summed E-state index contributed by atoms with van der Waals surface area (Å²) in [5, 5.41) is 2.09. The van der Waals surface area contributed by atoms with Crippen LogP contribution in [0.2, 0.25) is 0 Å². The van der Waals surface area contributed by atoms with Crippen molar-refractivity contribution in [2.24, 2.45) is 5.92 Å². The molecule has 0 saturated heterocycles. The number of rotatable bonds is 9. The van der Waals surface area contributed by atoms with Crippen LogP contribution in [-0.4, -0.2) is 47.9 Å². The first-order valence-corrected chi connectivity index (χ1v) is 14.1. The van der Waals surface area contributed by atoms with Gasteiger partial charge in [-0.05, 0) is 66.6 Å². The monoisotopic (exact) mass is 568 g/mol. The number of carbonyl (C=O) groups excluding carboxylic acids is 2. The third kappa shape index (κ3) is 6.37. The number of thiophene rings is 1. The maximum Gasteiger partial charge on any atom is 0.254 e. The molecule has 2 aromatic carbocycles. The second-order valence-corrected chi connectivity index (χ2v) is 11.4. The first-order chi connectivity index (χ1) is 17.4. The van der Waals surface area contributed by atoms with Crippen molar-refractivity contribution in [3.8, 4) is 5.75 Å². The zero-order valence-corrected chi connectivity index (χ0v) is 23.5. The number of amides is 2. The Morgan fingerprint density at radius 2 is 1.97 bits per heavy atom. The molecule has 0 aliphatic carbocycles. The maximum atomic E-state index is 13.7. The van der Waals surface area contributed by atoms with Crippen molar-refractivity contribution in [3.63, 3.8) is 0 Å². The van der Waals surface area contributed by atoms with E-state index in [2.05, 4.69) is 41.2 Å². The van der Waals surface area contributed by atoms with E-state index in [-0.39, 0.29) is 24.4 Å². The lowest BCUT2D eigenvalue weighted by Gasteiger charge is -2.37. The van der Waals surface area contributed by atoms with Gasteiger partial charge in [-0.15, -0.1) is 11.3 Å². The van der Waals surface area contributed by atoms with Crippen LogP contribution in [0.25, 0.3) is 0 Å². The maximum absolute atomic E-state index is 13.7. The zero-order valence-electron chi connectivity index (χ0n) is 21.1. The highest BCUT2D eigenvalue weighted by molar-refractivity contribution is 9.10. The summed E-state index contributed by atoms with van der Waals surface area (Å²) in [6, 6.07) is 17.3. The third-order valence-corrected chi connectivity index (χ3v) is 8.25. The van der Waals surface area contributed by atoms with Crippen LogP contribution in [-0.2, 0) is 11.2 Å². The molecule has 1 aliphatic rings. The van der Waals surface area contributed by atoms with E-state index >= 15 is 0 Å². The van der Waals surface area contributed by atoms with Crippen molar-refractivity contribution >= 4 is 39.1 Å². The third-order valence-electron chi connectivity index (χ3n) is 6.76. The molecule has 0 radical (unpaired) electrons. The average molecular weight is 570 g/mol. The lowest BCUT2D eigenvalue weighted by atomic mass is 10.00. The second-order valence-electron chi connectivity index (χ2n) is 9.49. The van der Waals surface area contributed by atoms with Crippen LogP contribution in [0.5, 0.6) is 5.75 Å². The molecule has 0 fully saturated rings. The van der Waals surface area contributed by atoms with Gasteiger partial charge in [0.15, 0.2) is 0 Å². The number of halogens is 1. The highest BCUT2D eigenvalue weighted by Gasteiger charge is 2.34. The van der Waals surface area contributed by atoms with Crippen LogP contribution < -0.4 is 4.74 Å². The van der Waals surface area contributed by atoms with Crippen LogP contribution in [0.4, 0.5) is 0 Å². The summed E-state index contributed by atoms with van der Waals surface area (Å²) < 4.78 is 6.99. The number of benzene rings is 2. The lowest BCUT2D eigenvalue weighted by Crippen LogP contribution is -2.48. The fourth-order valence-electron chi connectivity index (χ4n) is 4.47. The van der Waals surface area contributed by atoms with Crippen LogP contribution in [0.3, 0.4) is 0 Å². The number of nitrogens with zero attached hydrogens (tertiary/aromatic N) is 2. The molecule has 3 aromatic rings. The van der Waals surface area contributed by atoms with Crippen molar-refractivity contribution in [2.45, 2.75) is 39.7 Å². The van der Waals surface area contributed by atoms with E-state index in [0.717, 1.165) is 28.6 Å². The van der Waals surface area contributed by atoms with Crippen molar-refractivity contribution in [1.29, 1.82) is 0 Å². The summed E-state index contributed by atoms with van der Waals surface area (Å²) in [5.41, 5.74) is 2.91. The van der Waals surface area contributed by atoms with Gasteiger partial charge in [0.2, 0.25) is 5.91 Å². The first kappa shape index (κ1) is 26.4. The zero-order chi connectivity index (χ0) is 25.7. The standard InChI is InChI=1S/C29H33BrN2O3S/c1-4-20(2)17-31(29(34)22-6-5-7-23(30)16-22)18-28(33)32-14-12-27-25(13-15-36-27)26(32)19-35-24-10-8-21(3)9-11-24/h5-11,13,15-16,20,26H,4,12,14,17-19H2,1-3H3/t20-,26-/m0/s1. The number of aryl methyl sites for hydroxylation is 1. The summed E-state index contributed by atoms with van der Waals surface area (Å²) in [6.07, 6.45) is 1.76. The SMILES string of the molecule is CC[C@H](C)CN(CC(=O)N1CCc2sccc2[C@@H]1COc1ccc(C)cc1)C(=O)c1cccc(Br)c1. The highest BCUT2D eigenvalue weighted by Crippen LogP contribution is 2.34. The van der Waals surface area contributed by atoms with Gasteiger partial charge in [0, 0.05) is 28.0 Å². The van der Waals surface area contributed by atoms with Crippen molar-refractivity contribution in [3.05, 3.63) is 86.0 Å². The fraction of sp³-hybridized carbons (Fsp3) is 0.379. The molecular formula is C29H33BrN2O3S. The van der Waals surface area contributed by atoms with Crippen molar-refractivity contribution < 1.29 is 14.3 Å². The minimum absolute atomic E-state index is 0.0454. The smallest absolute Gasteiger partial charge is 0.254 e. The molecule has 5 nitrogen and oxygen atoms in total. The highest BCUT2D eigenvalue weighted by atomic mass is 79.9. The Hall–Kier alpha value is -2.64. The summed E-state index contributed by atoms with van der Waals surface area (Å²) in [5.74, 6) is 0.916. The number of hydrogen-bond donors (Lipinski definition) is 0. The fourth-order valence-corrected chi connectivity index (χ4v) is 5.79. The van der Waals surface area contributed by atoms with Gasteiger partial charge in [-0.1, -0.05) is 60.0 Å². The molecule has 1 aliphatic heterocycles. The number of ether oxygens (including phenoxy) is 1. The normalized spacial score (nSPS) is 15.8. The van der Waals surface area contributed by atoms with Gasteiger partial charge in [0.25, 0.3) is 5.91 Å². The first-order valence-electron chi connectivity index (χ1n) is 12.5. The van der Waals surface area contributed by atoms with E-state index in [4.69, 9.17) is 4.74 Å². The molecule has 4 rings (SSSR count). The summed E-state index contributed by atoms with van der Waals surface area (Å²) in [6.45, 7) is 7.85. The Morgan fingerprint density at radius 1 is 1.19 bits per heavy atom.